The highest BCUT2D eigenvalue weighted by molar-refractivity contribution is 5.83. The minimum atomic E-state index is 0.518. The maximum Gasteiger partial charge on any atom is 0.161 e. The number of allylic oxidation sites excluding steroid dienone is 1. The molecular formula is C20H21NO4. The van der Waals surface area contributed by atoms with Crippen LogP contribution in [0.3, 0.4) is 0 Å². The van der Waals surface area contributed by atoms with Gasteiger partial charge in [0.15, 0.2) is 11.5 Å². The van der Waals surface area contributed by atoms with E-state index in [1.807, 2.05) is 37.3 Å². The van der Waals surface area contributed by atoms with Gasteiger partial charge in [-0.3, -0.25) is 0 Å². The zero-order valence-corrected chi connectivity index (χ0v) is 14.8. The molecule has 5 heteroatoms. The molecule has 0 radical (unpaired) electrons. The number of benzene rings is 2. The summed E-state index contributed by atoms with van der Waals surface area (Å²) in [7, 11) is 4.77. The SMILES string of the molecule is CCOc1cc(/C(=C\C#N)c2cc(OC)cc(OC)c2)ccc1OC. The number of nitrogens with zero attached hydrogens (tertiary/aromatic N) is 1. The highest BCUT2D eigenvalue weighted by Crippen LogP contribution is 2.35. The summed E-state index contributed by atoms with van der Waals surface area (Å²) in [5.74, 6) is 2.57. The van der Waals surface area contributed by atoms with Crippen molar-refractivity contribution in [3.63, 3.8) is 0 Å². The van der Waals surface area contributed by atoms with E-state index >= 15 is 0 Å². The first-order chi connectivity index (χ1) is 12.2. The zero-order chi connectivity index (χ0) is 18.2. The lowest BCUT2D eigenvalue weighted by Crippen LogP contribution is -1.98. The Hall–Kier alpha value is -3.13. The van der Waals surface area contributed by atoms with Crippen LogP contribution in [0.4, 0.5) is 0 Å². The molecule has 0 amide bonds. The fourth-order valence-corrected chi connectivity index (χ4v) is 2.47. The van der Waals surface area contributed by atoms with Crippen molar-refractivity contribution < 1.29 is 18.9 Å². The van der Waals surface area contributed by atoms with Crippen LogP contribution >= 0.6 is 0 Å². The zero-order valence-electron chi connectivity index (χ0n) is 14.8. The molecule has 0 saturated heterocycles. The molecule has 2 aromatic rings. The van der Waals surface area contributed by atoms with Crippen LogP contribution in [-0.4, -0.2) is 27.9 Å². The van der Waals surface area contributed by atoms with E-state index in [-0.39, 0.29) is 0 Å². The molecule has 0 fully saturated rings. The quantitative estimate of drug-likeness (QED) is 0.712. The Morgan fingerprint density at radius 3 is 2.12 bits per heavy atom. The van der Waals surface area contributed by atoms with Crippen molar-refractivity contribution in [2.24, 2.45) is 0 Å². The van der Waals surface area contributed by atoms with Crippen LogP contribution in [-0.2, 0) is 0 Å². The molecule has 0 aliphatic carbocycles. The van der Waals surface area contributed by atoms with E-state index in [1.165, 1.54) is 6.08 Å². The molecule has 5 nitrogen and oxygen atoms in total. The number of methoxy groups -OCH3 is 3. The van der Waals surface area contributed by atoms with Crippen molar-refractivity contribution in [2.75, 3.05) is 27.9 Å². The minimum absolute atomic E-state index is 0.518. The molecule has 0 aromatic heterocycles. The second-order valence-electron chi connectivity index (χ2n) is 5.09. The van der Waals surface area contributed by atoms with Gasteiger partial charge >= 0.3 is 0 Å². The van der Waals surface area contributed by atoms with Crippen LogP contribution in [0.15, 0.2) is 42.5 Å². The molecule has 2 aromatic carbocycles. The van der Waals surface area contributed by atoms with E-state index < -0.39 is 0 Å². The molecule has 0 aliphatic rings. The molecule has 0 heterocycles. The summed E-state index contributed by atoms with van der Waals surface area (Å²) in [4.78, 5) is 0. The monoisotopic (exact) mass is 339 g/mol. The van der Waals surface area contributed by atoms with Crippen molar-refractivity contribution in [3.05, 3.63) is 53.6 Å². The molecule has 0 spiro atoms. The van der Waals surface area contributed by atoms with Gasteiger partial charge in [-0.25, -0.2) is 0 Å². The summed E-state index contributed by atoms with van der Waals surface area (Å²) in [5, 5.41) is 9.24. The number of ether oxygens (including phenoxy) is 4. The Morgan fingerprint density at radius 2 is 1.60 bits per heavy atom. The first-order valence-corrected chi connectivity index (χ1v) is 7.81. The van der Waals surface area contributed by atoms with E-state index in [0.29, 0.717) is 29.6 Å². The fourth-order valence-electron chi connectivity index (χ4n) is 2.47. The molecule has 0 aliphatic heterocycles. The van der Waals surface area contributed by atoms with Crippen molar-refractivity contribution >= 4 is 5.57 Å². The van der Waals surface area contributed by atoms with Crippen molar-refractivity contribution in [2.45, 2.75) is 6.92 Å². The van der Waals surface area contributed by atoms with Gasteiger partial charge in [0.1, 0.15) is 11.5 Å². The molecule has 0 unspecified atom stereocenters. The molecule has 25 heavy (non-hydrogen) atoms. The van der Waals surface area contributed by atoms with Gasteiger partial charge < -0.3 is 18.9 Å². The fraction of sp³-hybridized carbons (Fsp3) is 0.250. The van der Waals surface area contributed by atoms with Crippen LogP contribution in [0.2, 0.25) is 0 Å². The third-order valence-electron chi connectivity index (χ3n) is 3.65. The average Bonchev–Trinajstić information content (AvgIpc) is 2.65. The molecule has 130 valence electrons. The number of nitriles is 1. The van der Waals surface area contributed by atoms with E-state index in [9.17, 15) is 5.26 Å². The van der Waals surface area contributed by atoms with E-state index in [0.717, 1.165) is 16.7 Å². The van der Waals surface area contributed by atoms with E-state index in [2.05, 4.69) is 6.07 Å². The average molecular weight is 339 g/mol. The third-order valence-corrected chi connectivity index (χ3v) is 3.65. The Kier molecular flexibility index (Phi) is 6.30. The summed E-state index contributed by atoms with van der Waals surface area (Å²) >= 11 is 0. The lowest BCUT2D eigenvalue weighted by atomic mass is 9.96. The third kappa shape index (κ3) is 4.24. The van der Waals surface area contributed by atoms with Crippen molar-refractivity contribution in [3.8, 4) is 29.1 Å². The van der Waals surface area contributed by atoms with Gasteiger partial charge in [-0.15, -0.1) is 0 Å². The molecular weight excluding hydrogens is 318 g/mol. The van der Waals surface area contributed by atoms with Gasteiger partial charge in [0, 0.05) is 12.1 Å². The van der Waals surface area contributed by atoms with Gasteiger partial charge in [-0.05, 0) is 47.9 Å². The maximum absolute atomic E-state index is 9.24. The number of hydrogen-bond donors (Lipinski definition) is 0. The van der Waals surface area contributed by atoms with Gasteiger partial charge in [0.25, 0.3) is 0 Å². The highest BCUT2D eigenvalue weighted by atomic mass is 16.5. The molecule has 0 N–H and O–H groups in total. The summed E-state index contributed by atoms with van der Waals surface area (Å²) in [6.45, 7) is 2.43. The van der Waals surface area contributed by atoms with Crippen LogP contribution in [0.1, 0.15) is 18.1 Å². The van der Waals surface area contributed by atoms with Crippen molar-refractivity contribution in [1.29, 1.82) is 5.26 Å². The largest absolute Gasteiger partial charge is 0.497 e. The lowest BCUT2D eigenvalue weighted by molar-refractivity contribution is 0.311. The summed E-state index contributed by atoms with van der Waals surface area (Å²) in [5.41, 5.74) is 2.38. The minimum Gasteiger partial charge on any atom is -0.497 e. The number of hydrogen-bond acceptors (Lipinski definition) is 5. The first-order valence-electron chi connectivity index (χ1n) is 7.81. The summed E-state index contributed by atoms with van der Waals surface area (Å²) in [6.07, 6.45) is 1.49. The Balaban J connectivity index is 2.58. The number of rotatable bonds is 7. The predicted octanol–water partition coefficient (Wildman–Crippen LogP) is 4.07. The van der Waals surface area contributed by atoms with Gasteiger partial charge in [-0.1, -0.05) is 6.07 Å². The molecule has 2 rings (SSSR count). The van der Waals surface area contributed by atoms with Gasteiger partial charge in [-0.2, -0.15) is 5.26 Å². The van der Waals surface area contributed by atoms with Crippen molar-refractivity contribution in [1.82, 2.24) is 0 Å². The standard InChI is InChI=1S/C20H21NO4/c1-5-25-20-12-14(6-7-19(20)24-4)18(8-9-21)15-10-16(22-2)13-17(11-15)23-3/h6-8,10-13H,5H2,1-4H3/b18-8+. The van der Waals surface area contributed by atoms with E-state index in [4.69, 9.17) is 18.9 Å². The first kappa shape index (κ1) is 18.2. The Bertz CT molecular complexity index is 784. The normalized spacial score (nSPS) is 10.8. The summed E-state index contributed by atoms with van der Waals surface area (Å²) < 4.78 is 21.6. The maximum atomic E-state index is 9.24. The highest BCUT2D eigenvalue weighted by Gasteiger charge is 2.13. The topological polar surface area (TPSA) is 60.7 Å². The second kappa shape index (κ2) is 8.65. The Labute approximate surface area is 148 Å². The second-order valence-corrected chi connectivity index (χ2v) is 5.09. The van der Waals surface area contributed by atoms with Gasteiger partial charge in [0.2, 0.25) is 0 Å². The van der Waals surface area contributed by atoms with E-state index in [1.54, 1.807) is 27.4 Å². The van der Waals surface area contributed by atoms with Crippen LogP contribution in [0.25, 0.3) is 5.57 Å². The summed E-state index contributed by atoms with van der Waals surface area (Å²) in [6, 6.07) is 13.2. The molecule has 0 atom stereocenters. The van der Waals surface area contributed by atoms with Gasteiger partial charge in [0.05, 0.1) is 34.0 Å². The lowest BCUT2D eigenvalue weighted by Gasteiger charge is -2.14. The smallest absolute Gasteiger partial charge is 0.161 e. The molecule has 0 saturated carbocycles. The van der Waals surface area contributed by atoms with Crippen LogP contribution in [0.5, 0.6) is 23.0 Å². The van der Waals surface area contributed by atoms with Crippen LogP contribution in [0, 0.1) is 11.3 Å². The Morgan fingerprint density at radius 1 is 0.920 bits per heavy atom. The predicted molar refractivity (Wildman–Crippen MR) is 96.4 cm³/mol. The van der Waals surface area contributed by atoms with Crippen LogP contribution < -0.4 is 18.9 Å². The molecule has 0 bridgehead atoms.